The smallest absolute Gasteiger partial charge is 0.325 e. The fourth-order valence-electron chi connectivity index (χ4n) is 14.9. The van der Waals surface area contributed by atoms with Crippen molar-refractivity contribution >= 4 is 115 Å². The predicted octanol–water partition coefficient (Wildman–Crippen LogP) is 31.3. The van der Waals surface area contributed by atoms with Gasteiger partial charge >= 0.3 is 17.3 Å². The molecule has 0 aliphatic heterocycles. The van der Waals surface area contributed by atoms with Crippen molar-refractivity contribution in [3.63, 3.8) is 0 Å². The second-order valence-electron chi connectivity index (χ2n) is 37.6. The molecule has 0 aliphatic carbocycles. The van der Waals surface area contributed by atoms with Crippen molar-refractivity contribution in [1.29, 1.82) is 0 Å². The molecule has 0 spiro atoms. The number of hydrogen-bond donors (Lipinski definition) is 3. The Labute approximate surface area is 816 Å². The molecule has 0 atom stereocenters. The van der Waals surface area contributed by atoms with Crippen LogP contribution in [0, 0.1) is 72.5 Å². The van der Waals surface area contributed by atoms with Crippen LogP contribution in [0.15, 0.2) is 331 Å². The Balaban J connectivity index is 0.000000172. The Kier molecular flexibility index (Phi) is 33.8. The summed E-state index contributed by atoms with van der Waals surface area (Å²) in [6.45, 7) is 36.5. The van der Waals surface area contributed by atoms with Crippen LogP contribution in [0.4, 0.5) is 0 Å². The maximum Gasteiger partial charge on any atom is 0.325 e. The molecule has 5 heterocycles. The summed E-state index contributed by atoms with van der Waals surface area (Å²) in [6.07, 6.45) is 10.0. The summed E-state index contributed by atoms with van der Waals surface area (Å²) >= 11 is 0. The van der Waals surface area contributed by atoms with Crippen LogP contribution in [0.3, 0.4) is 0 Å². The molecule has 18 rings (SSSR count). The number of hydrogen-bond acceptors (Lipinski definition) is 8. The molecule has 0 saturated carbocycles. The second kappa shape index (κ2) is 43.8. The molecule has 0 saturated heterocycles. The average molecular weight is 2280 g/mol. The van der Waals surface area contributed by atoms with Gasteiger partial charge in [-0.3, -0.25) is 19.4 Å². The van der Waals surface area contributed by atoms with E-state index in [2.05, 4.69) is 280 Å². The van der Waals surface area contributed by atoms with Crippen molar-refractivity contribution in [2.75, 3.05) is 0 Å². The second-order valence-corrected chi connectivity index (χ2v) is 37.6. The number of pyridine rings is 4. The van der Waals surface area contributed by atoms with E-state index in [1.807, 2.05) is 167 Å². The first kappa shape index (κ1) is 102. The summed E-state index contributed by atoms with van der Waals surface area (Å²) < 4.78 is 6.07. The zero-order valence-corrected chi connectivity index (χ0v) is 85.7. The summed E-state index contributed by atoms with van der Waals surface area (Å²) in [5.74, 6) is 1.46. The maximum absolute atomic E-state index is 9.60. The third-order valence-corrected chi connectivity index (χ3v) is 23.0. The van der Waals surface area contributed by atoms with Gasteiger partial charge in [-0.05, 0) is 190 Å². The number of allylic oxidation sites excluding steroid dienone is 6. The molecule has 0 unspecified atom stereocenters. The van der Waals surface area contributed by atoms with Crippen molar-refractivity contribution in [1.82, 2.24) is 19.9 Å². The largest absolute Gasteiger partial charge is 0.512 e. The fourth-order valence-corrected chi connectivity index (χ4v) is 14.9. The number of carbonyl (C=O) groups excluding carboxylic acids is 3. The molecule has 0 fully saturated rings. The minimum Gasteiger partial charge on any atom is -0.512 e. The summed E-state index contributed by atoms with van der Waals surface area (Å²) in [5, 5.41) is 47.8. The summed E-state index contributed by atoms with van der Waals surface area (Å²) in [5.41, 5.74) is 16.7. The van der Waals surface area contributed by atoms with Crippen molar-refractivity contribution in [3.05, 3.63) is 362 Å². The molecular weight excluding hydrogens is 2160 g/mol. The number of para-hydroxylation sites is 1. The Morgan fingerprint density at radius 3 is 1.22 bits per heavy atom. The first-order valence-corrected chi connectivity index (χ1v) is 44.0. The summed E-state index contributed by atoms with van der Waals surface area (Å²) in [4.78, 5) is 47.2. The normalized spacial score (nSPS) is 11.9. The van der Waals surface area contributed by atoms with E-state index in [4.69, 9.17) is 19.4 Å². The van der Waals surface area contributed by atoms with E-state index in [0.29, 0.717) is 0 Å². The molecule has 3 radical (unpaired) electrons. The topological polar surface area (TPSA) is 190 Å². The van der Waals surface area contributed by atoms with Crippen LogP contribution in [0.5, 0.6) is 0 Å². The molecular formula is C118H116Ir3N4O7. The van der Waals surface area contributed by atoms with Crippen LogP contribution in [0.2, 0.25) is 0 Å². The number of furan rings is 1. The number of aryl methyl sites for hydroxylation is 3. The Bertz CT molecular complexity index is 7270. The molecule has 11 nitrogen and oxygen atoms in total. The zero-order chi connectivity index (χ0) is 92.4. The van der Waals surface area contributed by atoms with Gasteiger partial charge in [0.05, 0.1) is 35.0 Å². The average Bonchev–Trinajstić information content (AvgIpc) is 1.12. The minimum atomic E-state index is -0.306. The first-order valence-electron chi connectivity index (χ1n) is 44.0. The van der Waals surface area contributed by atoms with Crippen LogP contribution in [0.1, 0.15) is 128 Å². The number of ketones is 3. The van der Waals surface area contributed by atoms with Gasteiger partial charge in [0, 0.05) is 118 Å². The third-order valence-electron chi connectivity index (χ3n) is 23.0. The van der Waals surface area contributed by atoms with Crippen molar-refractivity contribution in [2.24, 2.45) is 33.5 Å². The molecule has 13 aromatic carbocycles. The van der Waals surface area contributed by atoms with Crippen LogP contribution in [0.25, 0.3) is 164 Å². The number of fused-ring (bicyclic) bond motifs is 13. The SMILES string of the molecule is CC(C)(C)C(=[OH+])C=C(O)C(C)(C)C.CC(C)(C)C(=[OH+])C=C(O)C(C)(C)C.CC(C)C(=[OH+])C=C(O)C(C)C.Cc1cc(-c2nccc3c2ccc2ccccc23)[c-]cc1-c1ccc2ccccc2c1.Cc1ccc(-c2cc[c-]c(-c3nccc4c3ccc3ccccc34)c2)c(C)n1.[Ir].[Ir].[Ir].[c-]1cc(-c2ccc3c(c2)oc2ccccc23)ccc1-c1nccc2c1ccc1ccccc12. The number of benzene rings is 13. The Hall–Kier alpha value is -12.3. The number of aliphatic hydroxyl groups excluding tert-OH is 3. The number of aliphatic hydroxyl groups is 3. The predicted molar refractivity (Wildman–Crippen MR) is 544 cm³/mol. The Morgan fingerprint density at radius 1 is 0.341 bits per heavy atom. The molecule has 5 aromatic heterocycles. The van der Waals surface area contributed by atoms with Gasteiger partial charge in [-0.2, -0.15) is 0 Å². The molecule has 132 heavy (non-hydrogen) atoms. The van der Waals surface area contributed by atoms with Crippen LogP contribution >= 0.6 is 0 Å². The maximum atomic E-state index is 9.60. The van der Waals surface area contributed by atoms with Gasteiger partial charge in [-0.1, -0.05) is 292 Å². The van der Waals surface area contributed by atoms with E-state index in [9.17, 15) is 29.7 Å². The Morgan fingerprint density at radius 2 is 0.758 bits per heavy atom. The van der Waals surface area contributed by atoms with Crippen molar-refractivity contribution < 1.29 is 94.4 Å². The molecule has 6 N–H and O–H groups in total. The van der Waals surface area contributed by atoms with Crippen LogP contribution < -0.4 is 0 Å². The zero-order valence-electron chi connectivity index (χ0n) is 78.5. The third kappa shape index (κ3) is 24.5. The van der Waals surface area contributed by atoms with E-state index in [1.165, 1.54) is 94.2 Å². The quantitative estimate of drug-likeness (QED) is 0.0375. The van der Waals surface area contributed by atoms with Crippen molar-refractivity contribution in [2.45, 2.75) is 132 Å². The van der Waals surface area contributed by atoms with Gasteiger partial charge in [0.25, 0.3) is 0 Å². The molecule has 14 heteroatoms. The molecule has 677 valence electrons. The van der Waals surface area contributed by atoms with E-state index < -0.39 is 0 Å². The van der Waals surface area contributed by atoms with Gasteiger partial charge in [-0.15, -0.1) is 89.0 Å². The van der Waals surface area contributed by atoms with Gasteiger partial charge in [0.2, 0.25) is 0 Å². The van der Waals surface area contributed by atoms with Crippen LogP contribution in [-0.2, 0) is 60.3 Å². The van der Waals surface area contributed by atoms with Gasteiger partial charge in [0.1, 0.15) is 28.4 Å². The number of rotatable bonds is 11. The molecule has 0 bridgehead atoms. The van der Waals surface area contributed by atoms with E-state index in [1.54, 1.807) is 0 Å². The standard InChI is InChI=1S/C31H18NO.C30H20N.C26H19N2.2C11H20O2.C9H16O2.3Ir/c1-2-6-24-21(5-1)13-16-28-25(24)17-18-32-31(28)22-11-9-20(10-12-22)23-14-15-27-26-7-3-4-8-29(26)33-30(27)19-23;1-20-18-25(13-14-26(20)24-11-10-21-6-2-3-8-23(21)19-24)30-29-15-12-22-7-4-5-9-27(22)28(29)16-17-31-30;1-17-10-12-22(18(2)28-17)20-7-5-8-21(16-20)26-25-13-11-19-6-3-4-9-23(19)24(25)14-15-27-26;2*1-10(2,3)8(12)7-9(13)11(4,5)6;1-6(2)8(10)5-9(11)7(3)4;;;/h1-11,13-19H;2-12,14-19H,1H3;3-7,9-16H,1-2H3;2*7,12H,1-6H3;5-7,10H,1-4H3;;;/q3*-1;;;;;;/p+3. The van der Waals surface area contributed by atoms with Gasteiger partial charge in [-0.25, -0.2) is 0 Å². The summed E-state index contributed by atoms with van der Waals surface area (Å²) in [6, 6.07) is 106. The minimum absolute atomic E-state index is 0. The first-order chi connectivity index (χ1) is 61.4. The molecule has 0 amide bonds. The van der Waals surface area contributed by atoms with Crippen molar-refractivity contribution in [3.8, 4) is 67.2 Å². The molecule has 0 aliphatic rings. The monoisotopic (exact) mass is 2280 g/mol. The molecule has 18 aromatic rings. The fraction of sp³-hybridized carbons (Fsp3) is 0.212. The van der Waals surface area contributed by atoms with E-state index in [-0.39, 0.29) is 128 Å². The van der Waals surface area contributed by atoms with Crippen LogP contribution in [-0.4, -0.2) is 67.0 Å². The number of aromatic nitrogens is 4. The van der Waals surface area contributed by atoms with E-state index >= 15 is 0 Å². The summed E-state index contributed by atoms with van der Waals surface area (Å²) in [7, 11) is 0. The van der Waals surface area contributed by atoms with Gasteiger partial charge in [0.15, 0.2) is 0 Å². The number of nitrogens with zero attached hydrogens (tertiary/aromatic N) is 4. The van der Waals surface area contributed by atoms with Gasteiger partial charge < -0.3 is 34.7 Å². The van der Waals surface area contributed by atoms with E-state index in [0.717, 1.165) is 106 Å².